The van der Waals surface area contributed by atoms with Crippen LogP contribution in [0.1, 0.15) is 17.9 Å². The van der Waals surface area contributed by atoms with Crippen molar-refractivity contribution in [3.05, 3.63) is 34.9 Å². The molecule has 5 heteroatoms. The average Bonchev–Trinajstić information content (AvgIpc) is 3.29. The summed E-state index contributed by atoms with van der Waals surface area (Å²) in [6, 6.07) is 7.84. The number of amides is 1. The predicted octanol–water partition coefficient (Wildman–Crippen LogP) is 1.58. The van der Waals surface area contributed by atoms with Gasteiger partial charge >= 0.3 is 0 Å². The molecule has 1 aliphatic carbocycles. The molecule has 2 unspecified atom stereocenters. The number of aliphatic hydroxyl groups excluding tert-OH is 1. The Morgan fingerprint density at radius 3 is 2.48 bits per heavy atom. The molecule has 0 bridgehead atoms. The fourth-order valence-corrected chi connectivity index (χ4v) is 3.24. The topological polar surface area (TPSA) is 43.8 Å². The Balaban J connectivity index is 1.52. The fraction of sp³-hybridized carbons (Fsp3) is 0.562. The van der Waals surface area contributed by atoms with Crippen LogP contribution in [0.3, 0.4) is 0 Å². The Kier molecular flexibility index (Phi) is 4.48. The third kappa shape index (κ3) is 3.39. The van der Waals surface area contributed by atoms with Crippen LogP contribution in [-0.2, 0) is 4.79 Å². The van der Waals surface area contributed by atoms with Crippen molar-refractivity contribution >= 4 is 17.5 Å². The molecule has 1 amide bonds. The summed E-state index contributed by atoms with van der Waals surface area (Å²) in [4.78, 5) is 16.7. The first kappa shape index (κ1) is 14.8. The van der Waals surface area contributed by atoms with Crippen LogP contribution in [0.5, 0.6) is 0 Å². The number of halogens is 1. The zero-order valence-corrected chi connectivity index (χ0v) is 12.8. The standard InChI is InChI=1S/C16H21ClN2O2/c17-13-3-1-12(2-4-13)14-11-15(14)16(21)19-7-5-18(6-8-19)9-10-20/h1-4,14-15,20H,5-11H2. The second-order valence-corrected chi connectivity index (χ2v) is 6.33. The molecular formula is C16H21ClN2O2. The third-order valence-electron chi connectivity index (χ3n) is 4.51. The van der Waals surface area contributed by atoms with Gasteiger partial charge in [-0.25, -0.2) is 0 Å². The van der Waals surface area contributed by atoms with E-state index < -0.39 is 0 Å². The smallest absolute Gasteiger partial charge is 0.226 e. The lowest BCUT2D eigenvalue weighted by molar-refractivity contribution is -0.134. The molecule has 2 aliphatic rings. The summed E-state index contributed by atoms with van der Waals surface area (Å²) in [7, 11) is 0. The quantitative estimate of drug-likeness (QED) is 0.918. The SMILES string of the molecule is O=C(C1CC1c1ccc(Cl)cc1)N1CCN(CCO)CC1. The number of hydrogen-bond donors (Lipinski definition) is 1. The maximum Gasteiger partial charge on any atom is 0.226 e. The summed E-state index contributed by atoms with van der Waals surface area (Å²) < 4.78 is 0. The molecule has 0 spiro atoms. The van der Waals surface area contributed by atoms with Crippen molar-refractivity contribution in [2.45, 2.75) is 12.3 Å². The van der Waals surface area contributed by atoms with Gasteiger partial charge < -0.3 is 10.0 Å². The molecule has 1 heterocycles. The largest absolute Gasteiger partial charge is 0.395 e. The van der Waals surface area contributed by atoms with Crippen molar-refractivity contribution in [3.63, 3.8) is 0 Å². The van der Waals surface area contributed by atoms with Gasteiger partial charge in [0.2, 0.25) is 5.91 Å². The summed E-state index contributed by atoms with van der Waals surface area (Å²) in [6.07, 6.45) is 0.956. The van der Waals surface area contributed by atoms with Crippen LogP contribution >= 0.6 is 11.6 Å². The van der Waals surface area contributed by atoms with Crippen molar-refractivity contribution in [1.82, 2.24) is 9.80 Å². The molecule has 1 aromatic rings. The highest BCUT2D eigenvalue weighted by Gasteiger charge is 2.45. The van der Waals surface area contributed by atoms with Crippen molar-refractivity contribution in [3.8, 4) is 0 Å². The molecule has 0 aromatic heterocycles. The predicted molar refractivity (Wildman–Crippen MR) is 82.4 cm³/mol. The molecule has 4 nitrogen and oxygen atoms in total. The average molecular weight is 309 g/mol. The van der Waals surface area contributed by atoms with Crippen LogP contribution in [0.15, 0.2) is 24.3 Å². The molecule has 1 aliphatic heterocycles. The molecule has 1 N–H and O–H groups in total. The van der Waals surface area contributed by atoms with E-state index in [0.717, 1.165) is 37.6 Å². The number of nitrogens with zero attached hydrogens (tertiary/aromatic N) is 2. The highest BCUT2D eigenvalue weighted by atomic mass is 35.5. The van der Waals surface area contributed by atoms with Gasteiger partial charge in [0.05, 0.1) is 6.61 Å². The van der Waals surface area contributed by atoms with E-state index in [1.54, 1.807) is 0 Å². The second-order valence-electron chi connectivity index (χ2n) is 5.89. The molecule has 0 radical (unpaired) electrons. The first-order chi connectivity index (χ1) is 10.2. The van der Waals surface area contributed by atoms with E-state index in [1.165, 1.54) is 5.56 Å². The number of piperazine rings is 1. The summed E-state index contributed by atoms with van der Waals surface area (Å²) in [5.41, 5.74) is 1.22. The zero-order chi connectivity index (χ0) is 14.8. The fourth-order valence-electron chi connectivity index (χ4n) is 3.11. The Morgan fingerprint density at radius 2 is 1.86 bits per heavy atom. The summed E-state index contributed by atoms with van der Waals surface area (Å²) >= 11 is 5.90. The van der Waals surface area contributed by atoms with E-state index >= 15 is 0 Å². The Hall–Kier alpha value is -1.10. The normalized spacial score (nSPS) is 25.9. The molecule has 21 heavy (non-hydrogen) atoms. The monoisotopic (exact) mass is 308 g/mol. The Bertz CT molecular complexity index is 498. The molecule has 114 valence electrons. The number of β-amino-alcohol motifs (C(OH)–C–C–N with tert-alkyl or cyclic N) is 1. The maximum absolute atomic E-state index is 12.5. The second kappa shape index (κ2) is 6.34. The van der Waals surface area contributed by atoms with Gasteiger partial charge in [-0.2, -0.15) is 0 Å². The van der Waals surface area contributed by atoms with Crippen molar-refractivity contribution in [1.29, 1.82) is 0 Å². The first-order valence-corrected chi connectivity index (χ1v) is 7.94. The van der Waals surface area contributed by atoms with Crippen molar-refractivity contribution in [2.24, 2.45) is 5.92 Å². The number of benzene rings is 1. The van der Waals surface area contributed by atoms with Crippen LogP contribution in [0, 0.1) is 5.92 Å². The van der Waals surface area contributed by atoms with Gasteiger partial charge in [0, 0.05) is 43.7 Å². The van der Waals surface area contributed by atoms with Gasteiger partial charge in [0.15, 0.2) is 0 Å². The number of carbonyl (C=O) groups is 1. The van der Waals surface area contributed by atoms with Crippen LogP contribution in [0.4, 0.5) is 0 Å². The van der Waals surface area contributed by atoms with E-state index in [2.05, 4.69) is 4.90 Å². The Morgan fingerprint density at radius 1 is 1.19 bits per heavy atom. The lowest BCUT2D eigenvalue weighted by Crippen LogP contribution is -2.49. The minimum atomic E-state index is 0.149. The maximum atomic E-state index is 12.5. The highest BCUT2D eigenvalue weighted by molar-refractivity contribution is 6.30. The summed E-state index contributed by atoms with van der Waals surface area (Å²) in [5.74, 6) is 0.805. The van der Waals surface area contributed by atoms with Gasteiger partial charge in [0.1, 0.15) is 0 Å². The number of rotatable bonds is 4. The molecular weight excluding hydrogens is 288 g/mol. The molecule has 2 fully saturated rings. The number of hydrogen-bond acceptors (Lipinski definition) is 3. The van der Waals surface area contributed by atoms with E-state index in [0.29, 0.717) is 18.4 Å². The van der Waals surface area contributed by atoms with E-state index in [1.807, 2.05) is 29.2 Å². The molecule has 3 rings (SSSR count). The van der Waals surface area contributed by atoms with Crippen LogP contribution in [0.25, 0.3) is 0 Å². The van der Waals surface area contributed by atoms with Crippen molar-refractivity contribution < 1.29 is 9.90 Å². The van der Waals surface area contributed by atoms with Crippen LogP contribution < -0.4 is 0 Å². The first-order valence-electron chi connectivity index (χ1n) is 7.56. The molecule has 2 atom stereocenters. The van der Waals surface area contributed by atoms with Crippen LogP contribution in [0.2, 0.25) is 5.02 Å². The highest BCUT2D eigenvalue weighted by Crippen LogP contribution is 2.48. The minimum Gasteiger partial charge on any atom is -0.395 e. The van der Waals surface area contributed by atoms with Gasteiger partial charge in [-0.05, 0) is 30.0 Å². The molecule has 1 saturated carbocycles. The van der Waals surface area contributed by atoms with Gasteiger partial charge in [-0.1, -0.05) is 23.7 Å². The van der Waals surface area contributed by atoms with Gasteiger partial charge in [-0.15, -0.1) is 0 Å². The Labute approximate surface area is 130 Å². The summed E-state index contributed by atoms with van der Waals surface area (Å²) in [5, 5.41) is 9.68. The van der Waals surface area contributed by atoms with Crippen molar-refractivity contribution in [2.75, 3.05) is 39.3 Å². The van der Waals surface area contributed by atoms with Gasteiger partial charge in [-0.3, -0.25) is 9.69 Å². The lowest BCUT2D eigenvalue weighted by Gasteiger charge is -2.34. The van der Waals surface area contributed by atoms with Gasteiger partial charge in [0.25, 0.3) is 0 Å². The van der Waals surface area contributed by atoms with E-state index in [-0.39, 0.29) is 12.5 Å². The number of aliphatic hydroxyl groups is 1. The van der Waals surface area contributed by atoms with Crippen LogP contribution in [-0.4, -0.2) is 60.1 Å². The van der Waals surface area contributed by atoms with E-state index in [9.17, 15) is 4.79 Å². The lowest BCUT2D eigenvalue weighted by atomic mass is 10.1. The van der Waals surface area contributed by atoms with E-state index in [4.69, 9.17) is 16.7 Å². The number of carbonyl (C=O) groups excluding carboxylic acids is 1. The minimum absolute atomic E-state index is 0.149. The third-order valence-corrected chi connectivity index (χ3v) is 4.76. The molecule has 1 aromatic carbocycles. The zero-order valence-electron chi connectivity index (χ0n) is 12.0. The summed E-state index contributed by atoms with van der Waals surface area (Å²) in [6.45, 7) is 4.19. The molecule has 1 saturated heterocycles.